The van der Waals surface area contributed by atoms with E-state index >= 15 is 0 Å². The van der Waals surface area contributed by atoms with Crippen molar-refractivity contribution in [1.29, 1.82) is 0 Å². The fraction of sp³-hybridized carbons (Fsp3) is 0.846. The molecule has 0 bridgehead atoms. The van der Waals surface area contributed by atoms with E-state index in [0.29, 0.717) is 6.42 Å². The first-order valence-electron chi connectivity index (χ1n) is 19.6. The largest absolute Gasteiger partial charge is 0.469 e. The van der Waals surface area contributed by atoms with E-state index in [0.717, 1.165) is 57.8 Å². The van der Waals surface area contributed by atoms with Gasteiger partial charge in [0, 0.05) is 12.8 Å². The summed E-state index contributed by atoms with van der Waals surface area (Å²) < 4.78 is 26.3. The van der Waals surface area contributed by atoms with Gasteiger partial charge in [-0.15, -0.1) is 0 Å². The summed E-state index contributed by atoms with van der Waals surface area (Å²) >= 11 is 0. The Morgan fingerprint density at radius 2 is 0.896 bits per heavy atom. The zero-order valence-corrected chi connectivity index (χ0v) is 31.8. The predicted molar refractivity (Wildman–Crippen MR) is 198 cm³/mol. The molecule has 0 saturated heterocycles. The van der Waals surface area contributed by atoms with Gasteiger partial charge in [0.25, 0.3) is 0 Å². The van der Waals surface area contributed by atoms with Gasteiger partial charge < -0.3 is 19.3 Å². The highest BCUT2D eigenvalue weighted by molar-refractivity contribution is 7.46. The molecular weight excluding hydrogens is 627 g/mol. The van der Waals surface area contributed by atoms with Gasteiger partial charge in [-0.3, -0.25) is 14.1 Å². The van der Waals surface area contributed by atoms with E-state index in [2.05, 4.69) is 42.7 Å². The second-order valence-electron chi connectivity index (χ2n) is 13.2. The summed E-state index contributed by atoms with van der Waals surface area (Å²) in [6.45, 7) is 3.63. The number of hydrogen-bond donors (Lipinski definition) is 2. The number of carbonyl (C=O) groups excluding carboxylic acids is 2. The number of unbranched alkanes of at least 4 members (excludes halogenated alkanes) is 22. The second-order valence-corrected chi connectivity index (χ2v) is 14.5. The molecule has 0 aliphatic rings. The minimum Gasteiger partial charge on any atom is -0.462 e. The fourth-order valence-electron chi connectivity index (χ4n) is 5.47. The van der Waals surface area contributed by atoms with Crippen LogP contribution in [-0.4, -0.2) is 41.0 Å². The van der Waals surface area contributed by atoms with Crippen LogP contribution in [0.1, 0.15) is 194 Å². The van der Waals surface area contributed by atoms with E-state index < -0.39 is 32.5 Å². The molecule has 2 N–H and O–H groups in total. The van der Waals surface area contributed by atoms with E-state index in [-0.39, 0.29) is 19.4 Å². The molecule has 48 heavy (non-hydrogen) atoms. The lowest BCUT2D eigenvalue weighted by Gasteiger charge is -2.18. The summed E-state index contributed by atoms with van der Waals surface area (Å²) in [4.78, 5) is 42.7. The van der Waals surface area contributed by atoms with Crippen molar-refractivity contribution in [1.82, 2.24) is 0 Å². The maximum atomic E-state index is 12.3. The van der Waals surface area contributed by atoms with Crippen molar-refractivity contribution in [2.24, 2.45) is 0 Å². The van der Waals surface area contributed by atoms with E-state index in [9.17, 15) is 14.2 Å². The highest BCUT2D eigenvalue weighted by Gasteiger charge is 2.22. The van der Waals surface area contributed by atoms with Gasteiger partial charge >= 0.3 is 19.8 Å². The number of carbonyl (C=O) groups is 2. The SMILES string of the molecule is CCCC/C=C\CCCCCCCC(=O)O[C@H](COC(=O)CCCCCCCCCCC/C=C\CCCCCCCC)COP(=O)(O)O. The molecule has 0 aromatic heterocycles. The van der Waals surface area contributed by atoms with Gasteiger partial charge in [-0.2, -0.15) is 0 Å². The smallest absolute Gasteiger partial charge is 0.462 e. The lowest BCUT2D eigenvalue weighted by Crippen LogP contribution is -2.29. The third-order valence-corrected chi connectivity index (χ3v) is 8.93. The third-order valence-electron chi connectivity index (χ3n) is 8.44. The molecule has 0 aromatic carbocycles. The number of ether oxygens (including phenoxy) is 2. The second kappa shape index (κ2) is 35.4. The molecule has 0 aromatic rings. The molecule has 0 saturated carbocycles. The van der Waals surface area contributed by atoms with Crippen LogP contribution < -0.4 is 0 Å². The van der Waals surface area contributed by atoms with Crippen LogP contribution >= 0.6 is 7.82 Å². The minimum atomic E-state index is -4.75. The van der Waals surface area contributed by atoms with Crippen molar-refractivity contribution >= 4 is 19.8 Å². The van der Waals surface area contributed by atoms with Crippen molar-refractivity contribution in [3.63, 3.8) is 0 Å². The van der Waals surface area contributed by atoms with Crippen LogP contribution in [0.25, 0.3) is 0 Å². The number of phosphoric ester groups is 1. The Bertz CT molecular complexity index is 838. The normalized spacial score (nSPS) is 12.7. The van der Waals surface area contributed by atoms with Crippen LogP contribution in [0.5, 0.6) is 0 Å². The van der Waals surface area contributed by atoms with Gasteiger partial charge in [0.05, 0.1) is 6.61 Å². The Kier molecular flexibility index (Phi) is 34.3. The minimum absolute atomic E-state index is 0.202. The monoisotopic (exact) mass is 701 g/mol. The van der Waals surface area contributed by atoms with Crippen LogP contribution in [-0.2, 0) is 28.2 Å². The number of rotatable bonds is 36. The lowest BCUT2D eigenvalue weighted by atomic mass is 10.1. The Morgan fingerprint density at radius 1 is 0.521 bits per heavy atom. The van der Waals surface area contributed by atoms with Crippen molar-refractivity contribution in [2.45, 2.75) is 200 Å². The van der Waals surface area contributed by atoms with Gasteiger partial charge in [-0.05, 0) is 57.8 Å². The molecule has 282 valence electrons. The Labute approximate surface area is 294 Å². The van der Waals surface area contributed by atoms with Gasteiger partial charge in [0.1, 0.15) is 6.61 Å². The maximum absolute atomic E-state index is 12.3. The molecule has 0 heterocycles. The summed E-state index contributed by atoms with van der Waals surface area (Å²) in [7, 11) is -4.75. The highest BCUT2D eigenvalue weighted by Crippen LogP contribution is 2.36. The first-order valence-corrected chi connectivity index (χ1v) is 21.2. The van der Waals surface area contributed by atoms with Gasteiger partial charge in [-0.25, -0.2) is 4.57 Å². The average Bonchev–Trinajstić information content (AvgIpc) is 3.05. The summed E-state index contributed by atoms with van der Waals surface area (Å²) in [5, 5.41) is 0. The molecule has 0 aliphatic carbocycles. The van der Waals surface area contributed by atoms with Gasteiger partial charge in [0.2, 0.25) is 0 Å². The molecule has 0 amide bonds. The summed E-state index contributed by atoms with van der Waals surface area (Å²) in [6.07, 6.45) is 39.0. The van der Waals surface area contributed by atoms with Crippen LogP contribution in [0.2, 0.25) is 0 Å². The van der Waals surface area contributed by atoms with Crippen LogP contribution in [0.15, 0.2) is 24.3 Å². The molecule has 1 atom stereocenters. The fourth-order valence-corrected chi connectivity index (χ4v) is 5.83. The quantitative estimate of drug-likeness (QED) is 0.0287. The Hall–Kier alpha value is -1.47. The summed E-state index contributed by atoms with van der Waals surface area (Å²) in [6, 6.07) is 0. The molecule has 0 aliphatic heterocycles. The van der Waals surface area contributed by atoms with E-state index in [1.165, 1.54) is 103 Å². The van der Waals surface area contributed by atoms with Crippen molar-refractivity contribution in [3.05, 3.63) is 24.3 Å². The zero-order valence-electron chi connectivity index (χ0n) is 30.9. The van der Waals surface area contributed by atoms with Crippen molar-refractivity contribution < 1.29 is 37.9 Å². The summed E-state index contributed by atoms with van der Waals surface area (Å²) in [5.74, 6) is -0.895. The van der Waals surface area contributed by atoms with Crippen LogP contribution in [0, 0.1) is 0 Å². The Balaban J connectivity index is 3.89. The van der Waals surface area contributed by atoms with Gasteiger partial charge in [-0.1, -0.05) is 147 Å². The Morgan fingerprint density at radius 3 is 1.33 bits per heavy atom. The van der Waals surface area contributed by atoms with E-state index in [1.54, 1.807) is 0 Å². The predicted octanol–water partition coefficient (Wildman–Crippen LogP) is 11.6. The van der Waals surface area contributed by atoms with Gasteiger partial charge in [0.15, 0.2) is 6.10 Å². The van der Waals surface area contributed by atoms with Crippen LogP contribution in [0.3, 0.4) is 0 Å². The first kappa shape index (κ1) is 46.5. The van der Waals surface area contributed by atoms with Crippen molar-refractivity contribution in [2.75, 3.05) is 13.2 Å². The standard InChI is InChI=1S/C39H73O8P/c1-3-5-7-9-11-13-15-16-17-18-19-20-21-22-24-25-27-29-31-33-38(40)45-35-37(36-46-48(42,43)44)47-39(41)34-32-30-28-26-23-14-12-10-8-6-4-2/h10,12,16-17,37H,3-9,11,13-15,18-36H2,1-2H3,(H2,42,43,44)/b12-10-,17-16-/t37-/m1/s1. The topological polar surface area (TPSA) is 119 Å². The molecular formula is C39H73O8P. The molecule has 0 unspecified atom stereocenters. The molecule has 0 rings (SSSR count). The molecule has 8 nitrogen and oxygen atoms in total. The van der Waals surface area contributed by atoms with E-state index in [1.807, 2.05) is 0 Å². The van der Waals surface area contributed by atoms with Crippen LogP contribution in [0.4, 0.5) is 0 Å². The number of hydrogen-bond acceptors (Lipinski definition) is 6. The average molecular weight is 701 g/mol. The number of phosphoric acid groups is 1. The summed E-state index contributed by atoms with van der Waals surface area (Å²) in [5.41, 5.74) is 0. The first-order chi connectivity index (χ1) is 23.3. The lowest BCUT2D eigenvalue weighted by molar-refractivity contribution is -0.161. The molecule has 0 fully saturated rings. The molecule has 0 radical (unpaired) electrons. The number of esters is 2. The molecule has 0 spiro atoms. The number of allylic oxidation sites excluding steroid dienone is 4. The zero-order chi connectivity index (χ0) is 35.4. The van der Waals surface area contributed by atoms with E-state index in [4.69, 9.17) is 19.3 Å². The molecule has 9 heteroatoms. The highest BCUT2D eigenvalue weighted by atomic mass is 31.2. The van der Waals surface area contributed by atoms with Crippen molar-refractivity contribution in [3.8, 4) is 0 Å². The third kappa shape index (κ3) is 37.4. The maximum Gasteiger partial charge on any atom is 0.469 e.